The number of halogens is 1. The number of nitrogens with one attached hydrogen (secondary N) is 1. The van der Waals surface area contributed by atoms with Crippen molar-refractivity contribution in [1.82, 2.24) is 5.32 Å². The first-order valence-corrected chi connectivity index (χ1v) is 6.60. The molecule has 0 saturated heterocycles. The number of hydrogen-bond acceptors (Lipinski definition) is 2. The highest BCUT2D eigenvalue weighted by atomic mass is 35.5. The quantitative estimate of drug-likeness (QED) is 0.840. The van der Waals surface area contributed by atoms with E-state index < -0.39 is 0 Å². The number of carbonyl (C=O) groups excluding carboxylic acids is 1. The van der Waals surface area contributed by atoms with Crippen molar-refractivity contribution in [2.75, 3.05) is 6.54 Å². The Labute approximate surface area is 108 Å². The van der Waals surface area contributed by atoms with Gasteiger partial charge in [0.25, 0.3) is 5.91 Å². The topological polar surface area (TPSA) is 29.1 Å². The molecule has 2 aromatic rings. The van der Waals surface area contributed by atoms with Gasteiger partial charge in [0.2, 0.25) is 0 Å². The Morgan fingerprint density at radius 2 is 2.00 bits per heavy atom. The summed E-state index contributed by atoms with van der Waals surface area (Å²) in [7, 11) is 0. The van der Waals surface area contributed by atoms with Crippen molar-refractivity contribution >= 4 is 28.8 Å². The maximum absolute atomic E-state index is 11.7. The molecule has 0 unspecified atom stereocenters. The summed E-state index contributed by atoms with van der Waals surface area (Å²) in [4.78, 5) is 13.6. The van der Waals surface area contributed by atoms with Gasteiger partial charge in [0.1, 0.15) is 0 Å². The van der Waals surface area contributed by atoms with Crippen LogP contribution in [0.1, 0.15) is 15.2 Å². The molecule has 2 nitrogen and oxygen atoms in total. The summed E-state index contributed by atoms with van der Waals surface area (Å²) in [6.45, 7) is 0.739. The van der Waals surface area contributed by atoms with Crippen molar-refractivity contribution in [3.8, 4) is 10.4 Å². The third-order valence-corrected chi connectivity index (χ3v) is 4.30. The molecule has 0 spiro atoms. The Bertz CT molecular complexity index is 574. The molecule has 17 heavy (non-hydrogen) atoms. The van der Waals surface area contributed by atoms with Crippen LogP contribution in [0.4, 0.5) is 0 Å². The van der Waals surface area contributed by atoms with Crippen LogP contribution in [-0.2, 0) is 6.42 Å². The summed E-state index contributed by atoms with van der Waals surface area (Å²) in [5, 5.41) is 3.59. The lowest BCUT2D eigenvalue weighted by Gasteiger charge is -2.10. The molecule has 0 bridgehead atoms. The van der Waals surface area contributed by atoms with E-state index in [9.17, 15) is 4.79 Å². The van der Waals surface area contributed by atoms with Gasteiger partial charge in [-0.1, -0.05) is 23.7 Å². The number of carbonyl (C=O) groups is 1. The van der Waals surface area contributed by atoms with Crippen molar-refractivity contribution < 1.29 is 4.79 Å². The van der Waals surface area contributed by atoms with Crippen LogP contribution in [0.25, 0.3) is 10.4 Å². The Morgan fingerprint density at radius 1 is 1.24 bits per heavy atom. The number of thiophene rings is 1. The third-order valence-electron chi connectivity index (χ3n) is 2.82. The summed E-state index contributed by atoms with van der Waals surface area (Å²) >= 11 is 7.41. The summed E-state index contributed by atoms with van der Waals surface area (Å²) in [5.74, 6) is 0.0523. The minimum atomic E-state index is 0.0523. The van der Waals surface area contributed by atoms with Gasteiger partial charge in [0, 0.05) is 16.4 Å². The van der Waals surface area contributed by atoms with Gasteiger partial charge in [-0.05, 0) is 35.7 Å². The van der Waals surface area contributed by atoms with Crippen LogP contribution in [0.5, 0.6) is 0 Å². The fourth-order valence-electron chi connectivity index (χ4n) is 1.95. The van der Waals surface area contributed by atoms with E-state index in [2.05, 4.69) is 11.4 Å². The van der Waals surface area contributed by atoms with Gasteiger partial charge >= 0.3 is 0 Å². The predicted octanol–water partition coefficient (Wildman–Crippen LogP) is 3.35. The summed E-state index contributed by atoms with van der Waals surface area (Å²) in [6.07, 6.45) is 0.922. The molecule has 0 aliphatic carbocycles. The zero-order chi connectivity index (χ0) is 11.8. The lowest BCUT2D eigenvalue weighted by Crippen LogP contribution is -2.30. The first kappa shape index (κ1) is 10.8. The molecule has 0 atom stereocenters. The van der Waals surface area contributed by atoms with Crippen LogP contribution in [-0.4, -0.2) is 12.5 Å². The van der Waals surface area contributed by atoms with Crippen molar-refractivity contribution in [3.63, 3.8) is 0 Å². The van der Waals surface area contributed by atoms with Crippen molar-refractivity contribution in [2.45, 2.75) is 6.42 Å². The van der Waals surface area contributed by atoms with Crippen LogP contribution >= 0.6 is 22.9 Å². The molecule has 1 aromatic heterocycles. The Balaban J connectivity index is 2.05. The van der Waals surface area contributed by atoms with Gasteiger partial charge in [-0.3, -0.25) is 4.79 Å². The van der Waals surface area contributed by atoms with E-state index in [-0.39, 0.29) is 5.91 Å². The van der Waals surface area contributed by atoms with Crippen LogP contribution in [0, 0.1) is 0 Å². The van der Waals surface area contributed by atoms with Crippen molar-refractivity contribution in [1.29, 1.82) is 0 Å². The maximum atomic E-state index is 11.7. The fourth-order valence-corrected chi connectivity index (χ4v) is 3.21. The largest absolute Gasteiger partial charge is 0.351 e. The second-order valence-electron chi connectivity index (χ2n) is 3.98. The molecule has 1 aliphatic heterocycles. The molecular weight excluding hydrogens is 254 g/mol. The zero-order valence-electron chi connectivity index (χ0n) is 9.00. The van der Waals surface area contributed by atoms with E-state index in [1.165, 1.54) is 0 Å². The second kappa shape index (κ2) is 4.17. The highest BCUT2D eigenvalue weighted by molar-refractivity contribution is 7.17. The SMILES string of the molecule is O=C1NCCc2cc(-c3ccc(Cl)cc3)sc21. The molecule has 1 amide bonds. The van der Waals surface area contributed by atoms with Gasteiger partial charge in [0.05, 0.1) is 4.88 Å². The average molecular weight is 264 g/mol. The number of amides is 1. The summed E-state index contributed by atoms with van der Waals surface area (Å²) in [6, 6.07) is 9.82. The normalized spacial score (nSPS) is 14.3. The standard InChI is InChI=1S/C13H10ClNOS/c14-10-3-1-8(2-4-10)11-7-9-5-6-15-13(16)12(9)17-11/h1-4,7H,5-6H2,(H,15,16). The van der Waals surface area contributed by atoms with Crippen LogP contribution in [0.15, 0.2) is 30.3 Å². The molecule has 0 saturated carbocycles. The maximum Gasteiger partial charge on any atom is 0.261 e. The van der Waals surface area contributed by atoms with Gasteiger partial charge in [-0.2, -0.15) is 0 Å². The van der Waals surface area contributed by atoms with Crippen LogP contribution in [0.2, 0.25) is 5.02 Å². The first-order valence-electron chi connectivity index (χ1n) is 5.41. The van der Waals surface area contributed by atoms with Crippen LogP contribution < -0.4 is 5.32 Å². The van der Waals surface area contributed by atoms with Gasteiger partial charge in [0.15, 0.2) is 0 Å². The third kappa shape index (κ3) is 1.96. The molecule has 1 aromatic carbocycles. The lowest BCUT2D eigenvalue weighted by atomic mass is 10.1. The second-order valence-corrected chi connectivity index (χ2v) is 5.47. The minimum Gasteiger partial charge on any atom is -0.351 e. The first-order chi connectivity index (χ1) is 8.24. The monoisotopic (exact) mass is 263 g/mol. The van der Waals surface area contributed by atoms with Gasteiger partial charge in [-0.25, -0.2) is 0 Å². The smallest absolute Gasteiger partial charge is 0.261 e. The van der Waals surface area contributed by atoms with E-state index in [0.717, 1.165) is 38.9 Å². The minimum absolute atomic E-state index is 0.0523. The molecule has 1 N–H and O–H groups in total. The van der Waals surface area contributed by atoms with E-state index in [0.29, 0.717) is 0 Å². The molecular formula is C13H10ClNOS. The summed E-state index contributed by atoms with van der Waals surface area (Å²) < 4.78 is 0. The molecule has 4 heteroatoms. The molecule has 0 radical (unpaired) electrons. The average Bonchev–Trinajstić information content (AvgIpc) is 2.75. The number of fused-ring (bicyclic) bond motifs is 1. The van der Waals surface area contributed by atoms with E-state index >= 15 is 0 Å². The Morgan fingerprint density at radius 3 is 2.71 bits per heavy atom. The molecule has 3 rings (SSSR count). The number of rotatable bonds is 1. The van der Waals surface area contributed by atoms with E-state index in [1.54, 1.807) is 11.3 Å². The number of benzene rings is 1. The Hall–Kier alpha value is -1.32. The lowest BCUT2D eigenvalue weighted by molar-refractivity contribution is 0.0950. The van der Waals surface area contributed by atoms with Crippen molar-refractivity contribution in [3.05, 3.63) is 45.8 Å². The molecule has 86 valence electrons. The summed E-state index contributed by atoms with van der Waals surface area (Å²) in [5.41, 5.74) is 2.27. The predicted molar refractivity (Wildman–Crippen MR) is 70.8 cm³/mol. The van der Waals surface area contributed by atoms with E-state index in [4.69, 9.17) is 11.6 Å². The highest BCUT2D eigenvalue weighted by Gasteiger charge is 2.20. The van der Waals surface area contributed by atoms with Gasteiger partial charge in [-0.15, -0.1) is 11.3 Å². The fraction of sp³-hybridized carbons (Fsp3) is 0.154. The molecule has 0 fully saturated rings. The van der Waals surface area contributed by atoms with E-state index in [1.807, 2.05) is 24.3 Å². The highest BCUT2D eigenvalue weighted by Crippen LogP contribution is 2.33. The molecule has 2 heterocycles. The van der Waals surface area contributed by atoms with Crippen LogP contribution in [0.3, 0.4) is 0 Å². The van der Waals surface area contributed by atoms with Gasteiger partial charge < -0.3 is 5.32 Å². The van der Waals surface area contributed by atoms with Crippen molar-refractivity contribution in [2.24, 2.45) is 0 Å². The number of hydrogen-bond donors (Lipinski definition) is 1. The zero-order valence-corrected chi connectivity index (χ0v) is 10.6. The molecule has 1 aliphatic rings. The Kier molecular flexibility index (Phi) is 2.65.